The van der Waals surface area contributed by atoms with E-state index in [4.69, 9.17) is 0 Å². The fourth-order valence-electron chi connectivity index (χ4n) is 3.95. The molecular formula is C16H31N3O2. The number of hydrogen-bond donors (Lipinski definition) is 2. The van der Waals surface area contributed by atoms with E-state index in [2.05, 4.69) is 35.9 Å². The standard InChI is InChI=1S/C16H31N3O2/c1-4-8-17-16(15(20)21)7-6-14(11-16)19-10-9-18(5-2)13(3)12-19/h13-14,17H,4-12H2,1-3H3,(H,20,21). The predicted octanol–water partition coefficient (Wildman–Crippen LogP) is 1.39. The van der Waals surface area contributed by atoms with E-state index in [0.717, 1.165) is 58.4 Å². The van der Waals surface area contributed by atoms with Gasteiger partial charge in [-0.1, -0.05) is 13.8 Å². The second-order valence-electron chi connectivity index (χ2n) is 6.68. The molecular weight excluding hydrogens is 266 g/mol. The SMILES string of the molecule is CCCNC1(C(=O)O)CCC(N2CCN(CC)C(C)C2)C1. The molecule has 2 fully saturated rings. The molecule has 1 aliphatic heterocycles. The Hall–Kier alpha value is -0.650. The molecule has 1 saturated heterocycles. The highest BCUT2D eigenvalue weighted by Gasteiger charge is 2.47. The number of carboxylic acid groups (broad SMARTS) is 1. The van der Waals surface area contributed by atoms with E-state index in [-0.39, 0.29) is 0 Å². The van der Waals surface area contributed by atoms with E-state index in [9.17, 15) is 9.90 Å². The molecule has 0 radical (unpaired) electrons. The van der Waals surface area contributed by atoms with Crippen LogP contribution in [0.1, 0.15) is 46.5 Å². The first-order chi connectivity index (χ1) is 10.0. The van der Waals surface area contributed by atoms with Crippen LogP contribution in [0.5, 0.6) is 0 Å². The van der Waals surface area contributed by atoms with E-state index in [1.54, 1.807) is 0 Å². The maximum atomic E-state index is 11.7. The van der Waals surface area contributed by atoms with Gasteiger partial charge >= 0.3 is 5.97 Å². The zero-order valence-corrected chi connectivity index (χ0v) is 13.8. The van der Waals surface area contributed by atoms with Gasteiger partial charge < -0.3 is 10.4 Å². The van der Waals surface area contributed by atoms with Gasteiger partial charge in [-0.25, -0.2) is 0 Å². The first kappa shape index (κ1) is 16.7. The quantitative estimate of drug-likeness (QED) is 0.776. The van der Waals surface area contributed by atoms with Crippen molar-refractivity contribution in [3.8, 4) is 0 Å². The number of nitrogens with zero attached hydrogens (tertiary/aromatic N) is 2. The molecule has 0 aromatic heterocycles. The van der Waals surface area contributed by atoms with Gasteiger partial charge in [-0.05, 0) is 45.7 Å². The smallest absolute Gasteiger partial charge is 0.323 e. The second kappa shape index (κ2) is 7.07. The highest BCUT2D eigenvalue weighted by atomic mass is 16.4. The molecule has 5 nitrogen and oxygen atoms in total. The predicted molar refractivity (Wildman–Crippen MR) is 84.6 cm³/mol. The average Bonchev–Trinajstić information content (AvgIpc) is 2.91. The van der Waals surface area contributed by atoms with E-state index in [1.807, 2.05) is 0 Å². The third-order valence-electron chi connectivity index (χ3n) is 5.33. The van der Waals surface area contributed by atoms with E-state index in [1.165, 1.54) is 0 Å². The zero-order chi connectivity index (χ0) is 15.5. The summed E-state index contributed by atoms with van der Waals surface area (Å²) in [5, 5.41) is 13.0. The molecule has 1 saturated carbocycles. The van der Waals surface area contributed by atoms with Crippen molar-refractivity contribution in [1.29, 1.82) is 0 Å². The molecule has 21 heavy (non-hydrogen) atoms. The summed E-state index contributed by atoms with van der Waals surface area (Å²) in [6.07, 6.45) is 3.49. The first-order valence-corrected chi connectivity index (χ1v) is 8.49. The lowest BCUT2D eigenvalue weighted by molar-refractivity contribution is -0.144. The van der Waals surface area contributed by atoms with E-state index in [0.29, 0.717) is 12.1 Å². The number of carboxylic acids is 1. The van der Waals surface area contributed by atoms with Crippen molar-refractivity contribution in [3.63, 3.8) is 0 Å². The Labute approximate surface area is 128 Å². The summed E-state index contributed by atoms with van der Waals surface area (Å²) >= 11 is 0. The van der Waals surface area contributed by atoms with Crippen molar-refractivity contribution in [2.45, 2.75) is 64.1 Å². The van der Waals surface area contributed by atoms with Crippen LogP contribution in [0.15, 0.2) is 0 Å². The molecule has 2 aliphatic rings. The Balaban J connectivity index is 1.96. The summed E-state index contributed by atoms with van der Waals surface area (Å²) in [7, 11) is 0. The lowest BCUT2D eigenvalue weighted by Crippen LogP contribution is -2.56. The minimum absolute atomic E-state index is 0.423. The maximum Gasteiger partial charge on any atom is 0.323 e. The van der Waals surface area contributed by atoms with Gasteiger partial charge in [0.2, 0.25) is 0 Å². The topological polar surface area (TPSA) is 55.8 Å². The summed E-state index contributed by atoms with van der Waals surface area (Å²) in [6.45, 7) is 11.7. The van der Waals surface area contributed by atoms with Gasteiger partial charge in [-0.2, -0.15) is 0 Å². The van der Waals surface area contributed by atoms with Crippen molar-refractivity contribution in [3.05, 3.63) is 0 Å². The molecule has 2 N–H and O–H groups in total. The monoisotopic (exact) mass is 297 g/mol. The lowest BCUT2D eigenvalue weighted by atomic mass is 9.96. The normalized spacial score (nSPS) is 35.2. The van der Waals surface area contributed by atoms with Crippen LogP contribution < -0.4 is 5.32 Å². The van der Waals surface area contributed by atoms with Crippen molar-refractivity contribution in [2.75, 3.05) is 32.7 Å². The minimum atomic E-state index is -0.689. The molecule has 3 unspecified atom stereocenters. The molecule has 0 bridgehead atoms. The average molecular weight is 297 g/mol. The van der Waals surface area contributed by atoms with Gasteiger partial charge in [0.15, 0.2) is 0 Å². The Morgan fingerprint density at radius 1 is 1.38 bits per heavy atom. The fourth-order valence-corrected chi connectivity index (χ4v) is 3.95. The lowest BCUT2D eigenvalue weighted by Gasteiger charge is -2.42. The van der Waals surface area contributed by atoms with Crippen molar-refractivity contribution < 1.29 is 9.90 Å². The van der Waals surface area contributed by atoms with Gasteiger partial charge in [0.05, 0.1) is 0 Å². The molecule has 0 spiro atoms. The molecule has 2 rings (SSSR count). The Morgan fingerprint density at radius 3 is 2.71 bits per heavy atom. The summed E-state index contributed by atoms with van der Waals surface area (Å²) in [5.41, 5.74) is -0.689. The second-order valence-corrected chi connectivity index (χ2v) is 6.68. The molecule has 3 atom stereocenters. The van der Waals surface area contributed by atoms with Crippen LogP contribution in [0.3, 0.4) is 0 Å². The van der Waals surface area contributed by atoms with Crippen molar-refractivity contribution in [1.82, 2.24) is 15.1 Å². The van der Waals surface area contributed by atoms with E-state index >= 15 is 0 Å². The van der Waals surface area contributed by atoms with Crippen molar-refractivity contribution >= 4 is 5.97 Å². The largest absolute Gasteiger partial charge is 0.480 e. The van der Waals surface area contributed by atoms with Gasteiger partial charge in [0.25, 0.3) is 0 Å². The third kappa shape index (κ3) is 3.58. The van der Waals surface area contributed by atoms with Crippen molar-refractivity contribution in [2.24, 2.45) is 0 Å². The third-order valence-corrected chi connectivity index (χ3v) is 5.33. The Bertz CT molecular complexity index is 363. The summed E-state index contributed by atoms with van der Waals surface area (Å²) in [5.74, 6) is -0.668. The van der Waals surface area contributed by atoms with Gasteiger partial charge in [0.1, 0.15) is 5.54 Å². The van der Waals surface area contributed by atoms with Crippen LogP contribution >= 0.6 is 0 Å². The molecule has 122 valence electrons. The molecule has 0 aromatic rings. The maximum absolute atomic E-state index is 11.7. The first-order valence-electron chi connectivity index (χ1n) is 8.49. The van der Waals surface area contributed by atoms with Crippen LogP contribution in [0, 0.1) is 0 Å². The number of carbonyl (C=O) groups is 1. The summed E-state index contributed by atoms with van der Waals surface area (Å²) in [4.78, 5) is 16.8. The highest BCUT2D eigenvalue weighted by molar-refractivity contribution is 5.79. The van der Waals surface area contributed by atoms with Crippen LogP contribution in [0.25, 0.3) is 0 Å². The molecule has 1 heterocycles. The highest BCUT2D eigenvalue weighted by Crippen LogP contribution is 2.34. The number of nitrogens with one attached hydrogen (secondary N) is 1. The molecule has 0 amide bonds. The zero-order valence-electron chi connectivity index (χ0n) is 13.8. The molecule has 1 aliphatic carbocycles. The van der Waals surface area contributed by atoms with Crippen LogP contribution in [-0.4, -0.2) is 71.2 Å². The Morgan fingerprint density at radius 2 is 2.14 bits per heavy atom. The van der Waals surface area contributed by atoms with Gasteiger partial charge in [-0.3, -0.25) is 14.6 Å². The fraction of sp³-hybridized carbons (Fsp3) is 0.938. The van der Waals surface area contributed by atoms with E-state index < -0.39 is 11.5 Å². The number of aliphatic carboxylic acids is 1. The van der Waals surface area contributed by atoms with Crippen LogP contribution in [0.2, 0.25) is 0 Å². The number of hydrogen-bond acceptors (Lipinski definition) is 4. The van der Waals surface area contributed by atoms with Crippen LogP contribution in [0.4, 0.5) is 0 Å². The minimum Gasteiger partial charge on any atom is -0.480 e. The molecule has 5 heteroatoms. The number of rotatable bonds is 6. The Kier molecular flexibility index (Phi) is 5.63. The molecule has 0 aromatic carbocycles. The summed E-state index contributed by atoms with van der Waals surface area (Å²) < 4.78 is 0. The number of likely N-dealkylation sites (N-methyl/N-ethyl adjacent to an activating group) is 1. The summed E-state index contributed by atoms with van der Waals surface area (Å²) in [6, 6.07) is 0.999. The number of piperazine rings is 1. The van der Waals surface area contributed by atoms with Crippen LogP contribution in [-0.2, 0) is 4.79 Å². The van der Waals surface area contributed by atoms with Gasteiger partial charge in [0, 0.05) is 31.7 Å². The van der Waals surface area contributed by atoms with Gasteiger partial charge in [-0.15, -0.1) is 0 Å².